The van der Waals surface area contributed by atoms with Crippen molar-refractivity contribution in [3.8, 4) is 5.75 Å². The predicted molar refractivity (Wildman–Crippen MR) is 89.3 cm³/mol. The van der Waals surface area contributed by atoms with E-state index in [4.69, 9.17) is 4.74 Å². The molecule has 126 valence electrons. The Morgan fingerprint density at radius 1 is 1.29 bits per heavy atom. The minimum absolute atomic E-state index is 0.167. The van der Waals surface area contributed by atoms with Gasteiger partial charge in [0.2, 0.25) is 0 Å². The van der Waals surface area contributed by atoms with Crippen LogP contribution in [0.3, 0.4) is 0 Å². The van der Waals surface area contributed by atoms with E-state index in [2.05, 4.69) is 5.32 Å². The number of carbonyl (C=O) groups excluding carboxylic acids is 1. The molecule has 1 aromatic carbocycles. The number of ether oxygens (including phenoxy) is 1. The van der Waals surface area contributed by atoms with Crippen LogP contribution in [0.4, 0.5) is 10.1 Å². The van der Waals surface area contributed by atoms with E-state index in [1.807, 2.05) is 0 Å². The third kappa shape index (κ3) is 2.91. The second kappa shape index (κ2) is 6.47. The summed E-state index contributed by atoms with van der Waals surface area (Å²) in [7, 11) is 1.43. The van der Waals surface area contributed by atoms with Gasteiger partial charge in [-0.1, -0.05) is 6.07 Å². The van der Waals surface area contributed by atoms with Crippen LogP contribution < -0.4 is 15.6 Å². The zero-order valence-corrected chi connectivity index (χ0v) is 13.7. The Hall–Kier alpha value is -2.63. The number of hydrogen-bond donors (Lipinski definition) is 1. The Morgan fingerprint density at radius 2 is 2.08 bits per heavy atom. The number of anilines is 1. The molecule has 0 bridgehead atoms. The number of halogens is 1. The molecule has 0 unspecified atom stereocenters. The van der Waals surface area contributed by atoms with E-state index in [9.17, 15) is 14.0 Å². The molecule has 24 heavy (non-hydrogen) atoms. The topological polar surface area (TPSA) is 60.3 Å². The summed E-state index contributed by atoms with van der Waals surface area (Å²) in [5.74, 6) is -0.569. The Morgan fingerprint density at radius 3 is 2.83 bits per heavy atom. The smallest absolute Gasteiger partial charge is 0.261 e. The highest BCUT2D eigenvalue weighted by Gasteiger charge is 2.24. The van der Waals surface area contributed by atoms with E-state index in [1.165, 1.54) is 25.3 Å². The van der Waals surface area contributed by atoms with Crippen LogP contribution in [0.5, 0.6) is 5.75 Å². The second-order valence-corrected chi connectivity index (χ2v) is 5.89. The number of aromatic nitrogens is 1. The minimum Gasteiger partial charge on any atom is -0.496 e. The standard InChI is InChI=1S/C18H19FN2O3/c1-11-6-7-12(19)9-13(11)20-18(23)17-14-5-3-4-8-21(14)16(22)10-15(17)24-2/h6-7,9-10H,3-5,8H2,1-2H3,(H,20,23). The van der Waals surface area contributed by atoms with Crippen molar-refractivity contribution in [2.45, 2.75) is 32.7 Å². The molecule has 1 amide bonds. The van der Waals surface area contributed by atoms with Crippen LogP contribution in [0.2, 0.25) is 0 Å². The molecule has 0 saturated carbocycles. The summed E-state index contributed by atoms with van der Waals surface area (Å²) in [6.45, 7) is 2.38. The molecule has 0 saturated heterocycles. The number of nitrogens with zero attached hydrogens (tertiary/aromatic N) is 1. The monoisotopic (exact) mass is 330 g/mol. The van der Waals surface area contributed by atoms with E-state index >= 15 is 0 Å². The summed E-state index contributed by atoms with van der Waals surface area (Å²) in [5, 5.41) is 2.74. The first-order chi connectivity index (χ1) is 11.5. The lowest BCUT2D eigenvalue weighted by atomic mass is 10.0. The third-order valence-corrected chi connectivity index (χ3v) is 4.32. The van der Waals surface area contributed by atoms with Crippen molar-refractivity contribution in [1.82, 2.24) is 4.57 Å². The predicted octanol–water partition coefficient (Wildman–Crippen LogP) is 2.89. The Bertz CT molecular complexity index is 858. The normalized spacial score (nSPS) is 13.3. The Labute approximate surface area is 139 Å². The maximum absolute atomic E-state index is 13.5. The molecule has 0 atom stereocenters. The quantitative estimate of drug-likeness (QED) is 0.941. The summed E-state index contributed by atoms with van der Waals surface area (Å²) in [6, 6.07) is 5.56. The summed E-state index contributed by atoms with van der Waals surface area (Å²) in [5.41, 5.74) is 2.02. The zero-order valence-electron chi connectivity index (χ0n) is 13.7. The van der Waals surface area contributed by atoms with Gasteiger partial charge in [0.15, 0.2) is 0 Å². The number of amides is 1. The number of methoxy groups -OCH3 is 1. The second-order valence-electron chi connectivity index (χ2n) is 5.89. The lowest BCUT2D eigenvalue weighted by Gasteiger charge is -2.23. The zero-order chi connectivity index (χ0) is 17.3. The Kier molecular flexibility index (Phi) is 4.38. The van der Waals surface area contributed by atoms with Crippen LogP contribution in [0.15, 0.2) is 29.1 Å². The van der Waals surface area contributed by atoms with E-state index < -0.39 is 11.7 Å². The lowest BCUT2D eigenvalue weighted by molar-refractivity contribution is 0.102. The van der Waals surface area contributed by atoms with Gasteiger partial charge in [0.05, 0.1) is 7.11 Å². The summed E-state index contributed by atoms with van der Waals surface area (Å²) in [4.78, 5) is 25.0. The number of nitrogens with one attached hydrogen (secondary N) is 1. The number of aryl methyl sites for hydroxylation is 1. The molecule has 0 fully saturated rings. The molecule has 1 aliphatic rings. The highest BCUT2D eigenvalue weighted by molar-refractivity contribution is 6.07. The van der Waals surface area contributed by atoms with Crippen molar-refractivity contribution in [3.63, 3.8) is 0 Å². The number of pyridine rings is 1. The SMILES string of the molecule is COc1cc(=O)n2c(c1C(=O)Nc1cc(F)ccc1C)CCCC2. The number of hydrogen-bond acceptors (Lipinski definition) is 3. The minimum atomic E-state index is -0.422. The molecule has 5 nitrogen and oxygen atoms in total. The molecule has 1 aromatic heterocycles. The largest absolute Gasteiger partial charge is 0.496 e. The van der Waals surface area contributed by atoms with Gasteiger partial charge in [-0.05, 0) is 43.9 Å². The molecule has 6 heteroatoms. The van der Waals surface area contributed by atoms with E-state index in [1.54, 1.807) is 17.6 Å². The van der Waals surface area contributed by atoms with Gasteiger partial charge in [-0.25, -0.2) is 4.39 Å². The van der Waals surface area contributed by atoms with Gasteiger partial charge in [-0.3, -0.25) is 9.59 Å². The third-order valence-electron chi connectivity index (χ3n) is 4.32. The molecule has 1 N–H and O–H groups in total. The van der Waals surface area contributed by atoms with Crippen molar-refractivity contribution in [1.29, 1.82) is 0 Å². The lowest BCUT2D eigenvalue weighted by Crippen LogP contribution is -2.30. The highest BCUT2D eigenvalue weighted by Crippen LogP contribution is 2.26. The van der Waals surface area contributed by atoms with Gasteiger partial charge in [0, 0.05) is 24.0 Å². The van der Waals surface area contributed by atoms with Crippen molar-refractivity contribution in [2.75, 3.05) is 12.4 Å². The number of carbonyl (C=O) groups is 1. The van der Waals surface area contributed by atoms with Crippen molar-refractivity contribution in [2.24, 2.45) is 0 Å². The van der Waals surface area contributed by atoms with Gasteiger partial charge in [0.1, 0.15) is 17.1 Å². The highest BCUT2D eigenvalue weighted by atomic mass is 19.1. The van der Waals surface area contributed by atoms with E-state index in [0.717, 1.165) is 18.4 Å². The first kappa shape index (κ1) is 16.2. The molecule has 2 aromatic rings. The molecule has 2 heterocycles. The summed E-state index contributed by atoms with van der Waals surface area (Å²) >= 11 is 0. The fourth-order valence-corrected chi connectivity index (χ4v) is 3.06. The average molecular weight is 330 g/mol. The number of benzene rings is 1. The summed E-state index contributed by atoms with van der Waals surface area (Å²) in [6.07, 6.45) is 2.45. The van der Waals surface area contributed by atoms with Crippen molar-refractivity contribution in [3.05, 3.63) is 57.3 Å². The maximum atomic E-state index is 13.5. The van der Waals surface area contributed by atoms with E-state index in [0.29, 0.717) is 29.9 Å². The first-order valence-corrected chi connectivity index (χ1v) is 7.89. The van der Waals surface area contributed by atoms with Crippen molar-refractivity contribution >= 4 is 11.6 Å². The van der Waals surface area contributed by atoms with Crippen LogP contribution in [-0.2, 0) is 13.0 Å². The van der Waals surface area contributed by atoms with E-state index in [-0.39, 0.29) is 11.3 Å². The molecule has 0 radical (unpaired) electrons. The maximum Gasteiger partial charge on any atom is 0.261 e. The fraction of sp³-hybridized carbons (Fsp3) is 0.333. The van der Waals surface area contributed by atoms with Crippen LogP contribution in [0.1, 0.15) is 34.5 Å². The van der Waals surface area contributed by atoms with Crippen LogP contribution in [-0.4, -0.2) is 17.6 Å². The first-order valence-electron chi connectivity index (χ1n) is 7.89. The van der Waals surface area contributed by atoms with Crippen molar-refractivity contribution < 1.29 is 13.9 Å². The van der Waals surface area contributed by atoms with Gasteiger partial charge in [-0.15, -0.1) is 0 Å². The molecule has 0 spiro atoms. The fourth-order valence-electron chi connectivity index (χ4n) is 3.06. The van der Waals surface area contributed by atoms with Crippen LogP contribution >= 0.6 is 0 Å². The number of fused-ring (bicyclic) bond motifs is 1. The molecular weight excluding hydrogens is 311 g/mol. The average Bonchev–Trinajstić information content (AvgIpc) is 2.58. The Balaban J connectivity index is 2.06. The summed E-state index contributed by atoms with van der Waals surface area (Å²) < 4.78 is 20.3. The molecular formula is C18H19FN2O3. The molecule has 3 rings (SSSR count). The van der Waals surface area contributed by atoms with Gasteiger partial charge < -0.3 is 14.6 Å². The van der Waals surface area contributed by atoms with Gasteiger partial charge in [-0.2, -0.15) is 0 Å². The number of rotatable bonds is 3. The van der Waals surface area contributed by atoms with Crippen LogP contribution in [0, 0.1) is 12.7 Å². The molecule has 0 aliphatic carbocycles. The van der Waals surface area contributed by atoms with Gasteiger partial charge >= 0.3 is 0 Å². The van der Waals surface area contributed by atoms with Crippen LogP contribution in [0.25, 0.3) is 0 Å². The van der Waals surface area contributed by atoms with Gasteiger partial charge in [0.25, 0.3) is 11.5 Å². The molecule has 1 aliphatic heterocycles.